The van der Waals surface area contributed by atoms with Crippen LogP contribution in [0.4, 0.5) is 5.69 Å². The molecule has 0 spiro atoms. The van der Waals surface area contributed by atoms with Crippen molar-refractivity contribution in [3.8, 4) is 0 Å². The fraction of sp³-hybridized carbons (Fsp3) is 0.125. The number of hydrogen-bond acceptors (Lipinski definition) is 3. The van der Waals surface area contributed by atoms with Gasteiger partial charge < -0.3 is 10.4 Å². The van der Waals surface area contributed by atoms with Crippen molar-refractivity contribution in [2.75, 3.05) is 5.32 Å². The highest BCUT2D eigenvalue weighted by molar-refractivity contribution is 6.30. The zero-order valence-electron chi connectivity index (χ0n) is 11.0. The van der Waals surface area contributed by atoms with E-state index in [9.17, 15) is 14.7 Å². The maximum Gasteiger partial charge on any atom is 0.261 e. The van der Waals surface area contributed by atoms with Crippen molar-refractivity contribution < 1.29 is 14.7 Å². The van der Waals surface area contributed by atoms with Gasteiger partial charge in [0, 0.05) is 21.8 Å². The largest absolute Gasteiger partial charge is 0.375 e. The number of halogens is 1. The van der Waals surface area contributed by atoms with Crippen LogP contribution in [0.5, 0.6) is 0 Å². The quantitative estimate of drug-likeness (QED) is 0.857. The number of benzene rings is 2. The molecule has 0 unspecified atom stereocenters. The molecule has 2 N–H and O–H groups in total. The first-order valence-electron chi connectivity index (χ1n) is 6.43. The van der Waals surface area contributed by atoms with Crippen molar-refractivity contribution in [3.63, 3.8) is 0 Å². The highest BCUT2D eigenvalue weighted by Crippen LogP contribution is 2.38. The molecule has 0 fully saturated rings. The molecular weight excluding hydrogens is 290 g/mol. The van der Waals surface area contributed by atoms with E-state index in [-0.39, 0.29) is 12.2 Å². The van der Waals surface area contributed by atoms with Crippen LogP contribution in [0.2, 0.25) is 5.02 Å². The Kier molecular flexibility index (Phi) is 3.27. The number of nitrogens with one attached hydrogen (secondary N) is 1. The number of ketones is 1. The van der Waals surface area contributed by atoms with Crippen molar-refractivity contribution in [2.24, 2.45) is 0 Å². The van der Waals surface area contributed by atoms with Crippen LogP contribution in [0, 0.1) is 0 Å². The predicted octanol–water partition coefficient (Wildman–Crippen LogP) is 2.75. The third-order valence-corrected chi connectivity index (χ3v) is 3.83. The predicted molar refractivity (Wildman–Crippen MR) is 79.4 cm³/mol. The van der Waals surface area contributed by atoms with Crippen LogP contribution in [-0.2, 0) is 10.4 Å². The van der Waals surface area contributed by atoms with Crippen LogP contribution in [0.15, 0.2) is 48.5 Å². The normalized spacial score (nSPS) is 20.0. The Morgan fingerprint density at radius 2 is 1.81 bits per heavy atom. The van der Waals surface area contributed by atoms with E-state index in [4.69, 9.17) is 11.6 Å². The highest BCUT2D eigenvalue weighted by atomic mass is 35.5. The van der Waals surface area contributed by atoms with Crippen molar-refractivity contribution >= 4 is 29.0 Å². The number of amides is 1. The maximum atomic E-state index is 12.3. The van der Waals surface area contributed by atoms with Gasteiger partial charge in [-0.1, -0.05) is 29.8 Å². The molecule has 0 saturated carbocycles. The highest BCUT2D eigenvalue weighted by Gasteiger charge is 2.46. The van der Waals surface area contributed by atoms with E-state index in [1.54, 1.807) is 48.5 Å². The molecule has 1 amide bonds. The summed E-state index contributed by atoms with van der Waals surface area (Å²) in [5.41, 5.74) is -0.455. The second-order valence-electron chi connectivity index (χ2n) is 4.97. The van der Waals surface area contributed by atoms with Gasteiger partial charge in [0.1, 0.15) is 0 Å². The summed E-state index contributed by atoms with van der Waals surface area (Å²) in [6.07, 6.45) is -0.308. The van der Waals surface area contributed by atoms with Crippen molar-refractivity contribution in [1.82, 2.24) is 0 Å². The first-order chi connectivity index (χ1) is 10.0. The number of fused-ring (bicyclic) bond motifs is 1. The summed E-state index contributed by atoms with van der Waals surface area (Å²) in [5, 5.41) is 13.8. The molecule has 0 aliphatic carbocycles. The molecule has 4 nitrogen and oxygen atoms in total. The zero-order chi connectivity index (χ0) is 15.0. The van der Waals surface area contributed by atoms with Gasteiger partial charge in [0.25, 0.3) is 5.91 Å². The number of Topliss-reactive ketones (excluding diaryl/α,β-unsaturated/α-hetero) is 1. The Bertz CT molecular complexity index is 727. The minimum absolute atomic E-state index is 0.308. The van der Waals surface area contributed by atoms with Crippen LogP contribution in [0.1, 0.15) is 22.3 Å². The summed E-state index contributed by atoms with van der Waals surface area (Å²) in [5.74, 6) is -0.896. The number of aliphatic hydroxyl groups is 1. The maximum absolute atomic E-state index is 12.3. The van der Waals surface area contributed by atoms with Crippen LogP contribution < -0.4 is 5.32 Å². The van der Waals surface area contributed by atoms with Gasteiger partial charge >= 0.3 is 0 Å². The van der Waals surface area contributed by atoms with Gasteiger partial charge in [-0.25, -0.2) is 0 Å². The smallest absolute Gasteiger partial charge is 0.261 e. The third kappa shape index (κ3) is 2.33. The summed E-state index contributed by atoms with van der Waals surface area (Å²) in [7, 11) is 0. The summed E-state index contributed by atoms with van der Waals surface area (Å²) >= 11 is 5.78. The van der Waals surface area contributed by atoms with Gasteiger partial charge in [-0.3, -0.25) is 9.59 Å². The van der Waals surface area contributed by atoms with Crippen LogP contribution in [-0.4, -0.2) is 16.8 Å². The first kappa shape index (κ1) is 13.8. The molecule has 5 heteroatoms. The molecule has 2 aromatic rings. The van der Waals surface area contributed by atoms with E-state index in [2.05, 4.69) is 5.32 Å². The number of anilines is 1. The summed E-state index contributed by atoms with van der Waals surface area (Å²) in [4.78, 5) is 24.3. The second kappa shape index (κ2) is 4.98. The van der Waals surface area contributed by atoms with E-state index >= 15 is 0 Å². The van der Waals surface area contributed by atoms with E-state index in [0.29, 0.717) is 21.8 Å². The number of carbonyl (C=O) groups excluding carboxylic acids is 2. The average molecular weight is 302 g/mol. The van der Waals surface area contributed by atoms with Gasteiger partial charge in [0.2, 0.25) is 0 Å². The Balaban J connectivity index is 1.92. The fourth-order valence-corrected chi connectivity index (χ4v) is 2.57. The third-order valence-electron chi connectivity index (χ3n) is 3.58. The van der Waals surface area contributed by atoms with E-state index < -0.39 is 11.5 Å². The number of rotatable bonds is 3. The first-order valence-corrected chi connectivity index (χ1v) is 6.80. The Morgan fingerprint density at radius 3 is 2.52 bits per heavy atom. The Hall–Kier alpha value is -2.17. The number of para-hydroxylation sites is 1. The minimum atomic E-state index is -1.83. The van der Waals surface area contributed by atoms with Gasteiger partial charge in [-0.05, 0) is 30.3 Å². The summed E-state index contributed by atoms with van der Waals surface area (Å²) < 4.78 is 0. The second-order valence-corrected chi connectivity index (χ2v) is 5.40. The lowest BCUT2D eigenvalue weighted by molar-refractivity contribution is -0.133. The molecular formula is C16H12ClNO3. The summed E-state index contributed by atoms with van der Waals surface area (Å²) in [6, 6.07) is 13.2. The van der Waals surface area contributed by atoms with Gasteiger partial charge in [0.05, 0.1) is 6.42 Å². The Morgan fingerprint density at radius 1 is 1.14 bits per heavy atom. The number of carbonyl (C=O) groups is 2. The van der Waals surface area contributed by atoms with Crippen molar-refractivity contribution in [2.45, 2.75) is 12.0 Å². The molecule has 0 radical (unpaired) electrons. The molecule has 1 atom stereocenters. The SMILES string of the molecule is O=C(C[C@]1(O)C(=O)Nc2ccccc21)c1ccc(Cl)cc1. The van der Waals surface area contributed by atoms with E-state index in [1.165, 1.54) is 0 Å². The lowest BCUT2D eigenvalue weighted by Gasteiger charge is -2.19. The van der Waals surface area contributed by atoms with Crippen LogP contribution >= 0.6 is 11.6 Å². The molecule has 21 heavy (non-hydrogen) atoms. The molecule has 0 aromatic heterocycles. The van der Waals surface area contributed by atoms with Gasteiger partial charge in [0.15, 0.2) is 11.4 Å². The molecule has 3 rings (SSSR count). The molecule has 1 heterocycles. The standard InChI is InChI=1S/C16H12ClNO3/c17-11-7-5-10(6-8-11)14(19)9-16(21)12-3-1-2-4-13(12)18-15(16)20/h1-8,21H,9H2,(H,18,20)/t16-/m1/s1. The molecule has 1 aliphatic heterocycles. The van der Waals surface area contributed by atoms with Gasteiger partial charge in [-0.2, -0.15) is 0 Å². The molecule has 1 aliphatic rings. The van der Waals surface area contributed by atoms with Crippen molar-refractivity contribution in [3.05, 3.63) is 64.7 Å². The van der Waals surface area contributed by atoms with E-state index in [0.717, 1.165) is 0 Å². The molecule has 106 valence electrons. The van der Waals surface area contributed by atoms with Crippen molar-refractivity contribution in [1.29, 1.82) is 0 Å². The monoisotopic (exact) mass is 301 g/mol. The summed E-state index contributed by atoms with van der Waals surface area (Å²) in [6.45, 7) is 0. The lowest BCUT2D eigenvalue weighted by Crippen LogP contribution is -2.36. The molecule has 0 saturated heterocycles. The molecule has 2 aromatic carbocycles. The minimum Gasteiger partial charge on any atom is -0.375 e. The van der Waals surface area contributed by atoms with Crippen LogP contribution in [0.3, 0.4) is 0 Å². The number of hydrogen-bond donors (Lipinski definition) is 2. The van der Waals surface area contributed by atoms with E-state index in [1.807, 2.05) is 0 Å². The topological polar surface area (TPSA) is 66.4 Å². The van der Waals surface area contributed by atoms with Crippen LogP contribution in [0.25, 0.3) is 0 Å². The fourth-order valence-electron chi connectivity index (χ4n) is 2.45. The zero-order valence-corrected chi connectivity index (χ0v) is 11.7. The molecule has 0 bridgehead atoms. The van der Waals surface area contributed by atoms with Gasteiger partial charge in [-0.15, -0.1) is 0 Å². The Labute approximate surface area is 126 Å². The average Bonchev–Trinajstić information content (AvgIpc) is 2.71. The lowest BCUT2D eigenvalue weighted by atomic mass is 9.88.